The number of hydrogen-bond acceptors (Lipinski definition) is 4. The van der Waals surface area contributed by atoms with Crippen molar-refractivity contribution in [1.82, 2.24) is 20.3 Å². The predicted molar refractivity (Wildman–Crippen MR) is 137 cm³/mol. The average molecular weight is 554 g/mol. The van der Waals surface area contributed by atoms with Crippen molar-refractivity contribution < 1.29 is 8.42 Å². The Kier molecular flexibility index (Phi) is 15.3. The molecule has 0 aromatic heterocycles. The van der Waals surface area contributed by atoms with Crippen molar-refractivity contribution in [3.8, 4) is 0 Å². The van der Waals surface area contributed by atoms with Crippen LogP contribution in [0.4, 0.5) is 0 Å². The van der Waals surface area contributed by atoms with E-state index in [2.05, 4.69) is 46.0 Å². The summed E-state index contributed by atoms with van der Waals surface area (Å²) in [7, 11) is -3.50. The van der Waals surface area contributed by atoms with Gasteiger partial charge in [0, 0.05) is 19.1 Å². The van der Waals surface area contributed by atoms with Gasteiger partial charge in [-0.25, -0.2) is 13.1 Å². The summed E-state index contributed by atoms with van der Waals surface area (Å²) in [6, 6.07) is 7.12. The van der Waals surface area contributed by atoms with Crippen LogP contribution < -0.4 is 15.4 Å². The van der Waals surface area contributed by atoms with Crippen LogP contribution in [0, 0.1) is 6.92 Å². The number of sulfonamides is 1. The number of hydrogen-bond donors (Lipinski definition) is 3. The van der Waals surface area contributed by atoms with Gasteiger partial charge in [0.1, 0.15) is 0 Å². The second-order valence-electron chi connectivity index (χ2n) is 7.19. The average Bonchev–Trinajstić information content (AvgIpc) is 2.69. The molecule has 174 valence electrons. The van der Waals surface area contributed by atoms with Crippen LogP contribution in [0.25, 0.3) is 0 Å². The third-order valence-corrected chi connectivity index (χ3v) is 6.22. The summed E-state index contributed by atoms with van der Waals surface area (Å²) in [6.45, 7) is 15.1. The van der Waals surface area contributed by atoms with Crippen LogP contribution in [0.1, 0.15) is 46.1 Å². The third-order valence-electron chi connectivity index (χ3n) is 4.74. The van der Waals surface area contributed by atoms with Crippen molar-refractivity contribution in [2.45, 2.75) is 58.4 Å². The fourth-order valence-corrected chi connectivity index (χ4v) is 3.96. The van der Waals surface area contributed by atoms with E-state index in [1.54, 1.807) is 24.3 Å². The summed E-state index contributed by atoms with van der Waals surface area (Å²) in [5, 5.41) is 6.63. The Hall–Kier alpha value is -0.910. The third kappa shape index (κ3) is 11.5. The fourth-order valence-electron chi connectivity index (χ4n) is 2.93. The van der Waals surface area contributed by atoms with Crippen LogP contribution in [0.15, 0.2) is 34.2 Å². The van der Waals surface area contributed by atoms with Crippen molar-refractivity contribution in [1.29, 1.82) is 0 Å². The van der Waals surface area contributed by atoms with E-state index in [0.717, 1.165) is 50.5 Å². The Bertz CT molecular complexity index is 707. The zero-order valence-electron chi connectivity index (χ0n) is 19.1. The number of halogens is 1. The molecular weight excluding hydrogens is 513 g/mol. The Morgan fingerprint density at radius 2 is 1.77 bits per heavy atom. The first-order valence-corrected chi connectivity index (χ1v) is 12.1. The first-order chi connectivity index (χ1) is 13.8. The maximum Gasteiger partial charge on any atom is 0.240 e. The Morgan fingerprint density at radius 3 is 2.33 bits per heavy atom. The molecular formula is C21H40IN5O2S. The van der Waals surface area contributed by atoms with Gasteiger partial charge >= 0.3 is 0 Å². The minimum atomic E-state index is -3.50. The maximum atomic E-state index is 12.3. The van der Waals surface area contributed by atoms with Crippen molar-refractivity contribution in [2.24, 2.45) is 4.99 Å². The van der Waals surface area contributed by atoms with Gasteiger partial charge in [-0.15, -0.1) is 24.0 Å². The molecule has 1 aromatic carbocycles. The summed E-state index contributed by atoms with van der Waals surface area (Å²) in [5.74, 6) is 0.720. The molecule has 0 spiro atoms. The molecule has 1 atom stereocenters. The number of benzene rings is 1. The summed E-state index contributed by atoms with van der Waals surface area (Å²) in [4.78, 5) is 7.20. The molecule has 0 saturated heterocycles. The molecule has 0 saturated carbocycles. The van der Waals surface area contributed by atoms with Crippen molar-refractivity contribution >= 4 is 40.0 Å². The summed E-state index contributed by atoms with van der Waals surface area (Å²) < 4.78 is 27.2. The van der Waals surface area contributed by atoms with Crippen LogP contribution in [-0.2, 0) is 10.0 Å². The van der Waals surface area contributed by atoms with Crippen LogP contribution in [-0.4, -0.2) is 64.6 Å². The molecule has 0 aliphatic heterocycles. The van der Waals surface area contributed by atoms with Crippen LogP contribution in [0.2, 0.25) is 0 Å². The second-order valence-corrected chi connectivity index (χ2v) is 8.95. The van der Waals surface area contributed by atoms with Gasteiger partial charge in [-0.3, -0.25) is 4.99 Å². The Morgan fingerprint density at radius 1 is 1.13 bits per heavy atom. The number of nitrogens with one attached hydrogen (secondary N) is 3. The van der Waals surface area contributed by atoms with E-state index in [-0.39, 0.29) is 35.4 Å². The molecule has 0 bridgehead atoms. The molecule has 0 fully saturated rings. The van der Waals surface area contributed by atoms with Gasteiger partial charge in [0.05, 0.1) is 11.4 Å². The highest BCUT2D eigenvalue weighted by molar-refractivity contribution is 14.0. The second kappa shape index (κ2) is 15.8. The molecule has 0 heterocycles. The van der Waals surface area contributed by atoms with Gasteiger partial charge < -0.3 is 15.5 Å². The highest BCUT2D eigenvalue weighted by Gasteiger charge is 2.12. The largest absolute Gasteiger partial charge is 0.357 e. The SMILES string of the molecule is CCNC(=NCCNS(=O)(=O)c1ccc(C)cc1)NC(C)CCCN(CC)CC.I. The Balaban J connectivity index is 0.00000841. The van der Waals surface area contributed by atoms with Crippen molar-refractivity contribution in [2.75, 3.05) is 39.3 Å². The van der Waals surface area contributed by atoms with E-state index in [0.29, 0.717) is 12.6 Å². The lowest BCUT2D eigenvalue weighted by Gasteiger charge is -2.21. The molecule has 7 nitrogen and oxygen atoms in total. The first kappa shape index (κ1) is 29.1. The van der Waals surface area contributed by atoms with Crippen LogP contribution in [0.5, 0.6) is 0 Å². The lowest BCUT2D eigenvalue weighted by Crippen LogP contribution is -2.43. The number of rotatable bonds is 13. The quantitative estimate of drug-likeness (QED) is 0.151. The summed E-state index contributed by atoms with van der Waals surface area (Å²) in [6.07, 6.45) is 2.19. The van der Waals surface area contributed by atoms with Crippen molar-refractivity contribution in [3.05, 3.63) is 29.8 Å². The van der Waals surface area contributed by atoms with Crippen LogP contribution >= 0.6 is 24.0 Å². The van der Waals surface area contributed by atoms with Gasteiger partial charge in [-0.2, -0.15) is 0 Å². The minimum absolute atomic E-state index is 0. The first-order valence-electron chi connectivity index (χ1n) is 10.7. The minimum Gasteiger partial charge on any atom is -0.357 e. The standard InChI is InChI=1S/C21H39N5O2S.HI/c1-6-22-21(25-19(5)10-9-17-26(7-2)8-3)23-15-16-24-29(27,28)20-13-11-18(4)12-14-20;/h11-14,19,24H,6-10,15-17H2,1-5H3,(H2,22,23,25);1H. The molecule has 3 N–H and O–H groups in total. The van der Waals surface area contributed by atoms with E-state index in [1.807, 2.05) is 13.8 Å². The fraction of sp³-hybridized carbons (Fsp3) is 0.667. The van der Waals surface area contributed by atoms with Crippen LogP contribution in [0.3, 0.4) is 0 Å². The van der Waals surface area contributed by atoms with E-state index in [1.165, 1.54) is 0 Å². The van der Waals surface area contributed by atoms with E-state index in [4.69, 9.17) is 0 Å². The molecule has 0 aliphatic carbocycles. The zero-order chi connectivity index (χ0) is 21.7. The summed E-state index contributed by atoms with van der Waals surface area (Å²) in [5.41, 5.74) is 1.03. The lowest BCUT2D eigenvalue weighted by molar-refractivity contribution is 0.292. The molecule has 0 radical (unpaired) electrons. The smallest absolute Gasteiger partial charge is 0.240 e. The van der Waals surface area contributed by atoms with Crippen molar-refractivity contribution in [3.63, 3.8) is 0 Å². The van der Waals surface area contributed by atoms with E-state index in [9.17, 15) is 8.42 Å². The van der Waals surface area contributed by atoms with Gasteiger partial charge in [0.25, 0.3) is 0 Å². The lowest BCUT2D eigenvalue weighted by atomic mass is 10.2. The summed E-state index contributed by atoms with van der Waals surface area (Å²) >= 11 is 0. The van der Waals surface area contributed by atoms with E-state index < -0.39 is 10.0 Å². The number of aliphatic imine (C=N–C) groups is 1. The van der Waals surface area contributed by atoms with Gasteiger partial charge in [0.15, 0.2) is 5.96 Å². The highest BCUT2D eigenvalue weighted by Crippen LogP contribution is 2.09. The molecule has 0 amide bonds. The van der Waals surface area contributed by atoms with Gasteiger partial charge in [-0.05, 0) is 65.4 Å². The number of nitrogens with zero attached hydrogens (tertiary/aromatic N) is 2. The van der Waals surface area contributed by atoms with E-state index >= 15 is 0 Å². The van der Waals surface area contributed by atoms with Gasteiger partial charge in [0.2, 0.25) is 10.0 Å². The zero-order valence-corrected chi connectivity index (χ0v) is 22.2. The molecule has 0 aliphatic rings. The molecule has 1 unspecified atom stereocenters. The Labute approximate surface area is 200 Å². The molecule has 9 heteroatoms. The monoisotopic (exact) mass is 553 g/mol. The van der Waals surface area contributed by atoms with Gasteiger partial charge in [-0.1, -0.05) is 31.5 Å². The normalized spacial score (nSPS) is 13.1. The maximum absolute atomic E-state index is 12.3. The molecule has 1 rings (SSSR count). The topological polar surface area (TPSA) is 85.8 Å². The number of aryl methyl sites for hydroxylation is 1. The predicted octanol–water partition coefficient (Wildman–Crippen LogP) is 2.96. The molecule has 1 aromatic rings. The highest BCUT2D eigenvalue weighted by atomic mass is 127. The molecule has 30 heavy (non-hydrogen) atoms. The number of guanidine groups is 1.